The van der Waals surface area contributed by atoms with Crippen molar-refractivity contribution in [3.05, 3.63) is 35.4 Å². The molecule has 32 heavy (non-hydrogen) atoms. The average molecular weight is 476 g/mol. The highest BCUT2D eigenvalue weighted by Crippen LogP contribution is 2.31. The molecule has 1 N–H and O–H groups in total. The molecule has 1 heterocycles. The number of carboxylic acids is 1. The number of hydrogen-bond donors (Lipinski definition) is 1. The first-order chi connectivity index (χ1) is 15.1. The Hall–Kier alpha value is -2.55. The summed E-state index contributed by atoms with van der Waals surface area (Å²) in [5.74, 6) is 3.52. The second-order valence-electron chi connectivity index (χ2n) is 6.80. The quantitative estimate of drug-likeness (QED) is 0.189. The van der Waals surface area contributed by atoms with Gasteiger partial charge in [0.25, 0.3) is 0 Å². The van der Waals surface area contributed by atoms with E-state index in [1.807, 2.05) is 0 Å². The Labute approximate surface area is 184 Å². The number of unbranched alkanes of at least 4 members (excludes halogenated alkanes) is 2. The number of hydrogen-bond acceptors (Lipinski definition) is 6. The van der Waals surface area contributed by atoms with Gasteiger partial charge in [-0.25, -0.2) is 4.79 Å². The molecule has 1 fully saturated rings. The Kier molecular flexibility index (Phi) is 9.56. The van der Waals surface area contributed by atoms with E-state index in [1.165, 1.54) is 12.1 Å². The molecule has 176 valence electrons. The lowest BCUT2D eigenvalue weighted by atomic mass is 10.1. The monoisotopic (exact) mass is 476 g/mol. The molecule has 0 spiro atoms. The zero-order valence-electron chi connectivity index (χ0n) is 17.1. The van der Waals surface area contributed by atoms with Crippen molar-refractivity contribution in [2.45, 2.75) is 50.3 Å². The topological polar surface area (TPSA) is 99.1 Å². The van der Waals surface area contributed by atoms with Crippen molar-refractivity contribution in [3.63, 3.8) is 0 Å². The summed E-state index contributed by atoms with van der Waals surface area (Å²) in [5, 5.41) is 8.83. The molecule has 1 atom stereocenters. The summed E-state index contributed by atoms with van der Waals surface area (Å²) in [7, 11) is -5.93. The van der Waals surface area contributed by atoms with E-state index >= 15 is 0 Å². The summed E-state index contributed by atoms with van der Waals surface area (Å²) in [4.78, 5) is 10.8. The lowest BCUT2D eigenvalue weighted by Crippen LogP contribution is -2.28. The van der Waals surface area contributed by atoms with Crippen LogP contribution in [0.1, 0.15) is 49.7 Å². The normalized spacial score (nSPS) is 17.0. The molecule has 11 heteroatoms. The molecule has 1 aromatic rings. The standard InChI is InChI=1S/C21H23F3O7S/c22-21(23,24)32(27,28)31-18-10-7-9-16(17(18)12-13-19(25)26)8-3-1-2-5-14-29-20-11-4-6-15-30-20/h7,9-10,12-13,20H,1-2,4-6,11,14-15H2,(H,25,26)/b13-12+. The minimum absolute atomic E-state index is 0.129. The van der Waals surface area contributed by atoms with Gasteiger partial charge < -0.3 is 18.8 Å². The summed E-state index contributed by atoms with van der Waals surface area (Å²) in [5.41, 5.74) is -5.69. The minimum Gasteiger partial charge on any atom is -0.478 e. The lowest BCUT2D eigenvalue weighted by molar-refractivity contribution is -0.162. The number of aliphatic carboxylic acids is 1. The number of carbonyl (C=O) groups is 1. The van der Waals surface area contributed by atoms with Gasteiger partial charge in [0.05, 0.1) is 0 Å². The van der Waals surface area contributed by atoms with Gasteiger partial charge in [0.1, 0.15) is 0 Å². The van der Waals surface area contributed by atoms with Crippen molar-refractivity contribution < 1.29 is 45.1 Å². The number of ether oxygens (including phenoxy) is 2. The van der Waals surface area contributed by atoms with Gasteiger partial charge in [-0.05, 0) is 50.3 Å². The van der Waals surface area contributed by atoms with Gasteiger partial charge in [-0.1, -0.05) is 17.9 Å². The van der Waals surface area contributed by atoms with Crippen molar-refractivity contribution >= 4 is 22.2 Å². The number of alkyl halides is 3. The molecule has 1 saturated heterocycles. The fraction of sp³-hybridized carbons (Fsp3) is 0.476. The Bertz CT molecular complexity index is 969. The molecule has 0 aromatic heterocycles. The molecule has 0 amide bonds. The van der Waals surface area contributed by atoms with Gasteiger partial charge >= 0.3 is 21.6 Å². The maximum absolute atomic E-state index is 12.7. The summed E-state index contributed by atoms with van der Waals surface area (Å²) in [6, 6.07) is 3.67. The third kappa shape index (κ3) is 8.18. The van der Waals surface area contributed by atoms with E-state index in [2.05, 4.69) is 16.0 Å². The van der Waals surface area contributed by atoms with Gasteiger partial charge in [-0.15, -0.1) is 0 Å². The average Bonchev–Trinajstić information content (AvgIpc) is 2.72. The van der Waals surface area contributed by atoms with Crippen LogP contribution in [-0.2, 0) is 24.4 Å². The van der Waals surface area contributed by atoms with E-state index in [4.69, 9.17) is 14.6 Å². The Morgan fingerprint density at radius 2 is 2.06 bits per heavy atom. The van der Waals surface area contributed by atoms with Crippen LogP contribution in [0.2, 0.25) is 0 Å². The smallest absolute Gasteiger partial charge is 0.478 e. The second kappa shape index (κ2) is 11.9. The van der Waals surface area contributed by atoms with Crippen LogP contribution in [0.5, 0.6) is 5.75 Å². The molecular formula is C21H23F3O7S. The summed E-state index contributed by atoms with van der Waals surface area (Å²) < 4.78 is 76.0. The predicted octanol–water partition coefficient (Wildman–Crippen LogP) is 4.08. The second-order valence-corrected chi connectivity index (χ2v) is 8.34. The largest absolute Gasteiger partial charge is 0.534 e. The highest BCUT2D eigenvalue weighted by molar-refractivity contribution is 7.88. The zero-order chi connectivity index (χ0) is 23.6. The maximum Gasteiger partial charge on any atom is 0.534 e. The third-order valence-electron chi connectivity index (χ3n) is 4.30. The van der Waals surface area contributed by atoms with Crippen molar-refractivity contribution in [2.24, 2.45) is 0 Å². The highest BCUT2D eigenvalue weighted by Gasteiger charge is 2.48. The van der Waals surface area contributed by atoms with Gasteiger partial charge in [-0.2, -0.15) is 21.6 Å². The van der Waals surface area contributed by atoms with E-state index in [1.54, 1.807) is 0 Å². The molecule has 1 aliphatic heterocycles. The Balaban J connectivity index is 2.04. The van der Waals surface area contributed by atoms with Crippen LogP contribution in [-0.4, -0.2) is 44.5 Å². The Morgan fingerprint density at radius 1 is 1.28 bits per heavy atom. The first-order valence-electron chi connectivity index (χ1n) is 9.87. The van der Waals surface area contributed by atoms with Crippen LogP contribution >= 0.6 is 0 Å². The first kappa shape index (κ1) is 25.7. The molecule has 1 aromatic carbocycles. The minimum atomic E-state index is -5.93. The number of benzene rings is 1. The summed E-state index contributed by atoms with van der Waals surface area (Å²) in [6.07, 6.45) is 6.26. The summed E-state index contributed by atoms with van der Waals surface area (Å²) >= 11 is 0. The van der Waals surface area contributed by atoms with Crippen LogP contribution in [0.4, 0.5) is 13.2 Å². The van der Waals surface area contributed by atoms with Crippen molar-refractivity contribution in [3.8, 4) is 17.6 Å². The third-order valence-corrected chi connectivity index (χ3v) is 5.27. The van der Waals surface area contributed by atoms with Crippen LogP contribution in [0, 0.1) is 11.8 Å². The molecule has 0 saturated carbocycles. The van der Waals surface area contributed by atoms with E-state index in [9.17, 15) is 26.4 Å². The van der Waals surface area contributed by atoms with E-state index < -0.39 is 27.3 Å². The van der Waals surface area contributed by atoms with Gasteiger partial charge in [0.15, 0.2) is 12.0 Å². The molecule has 0 radical (unpaired) electrons. The fourth-order valence-electron chi connectivity index (χ4n) is 2.75. The van der Waals surface area contributed by atoms with Crippen LogP contribution in [0.25, 0.3) is 6.08 Å². The predicted molar refractivity (Wildman–Crippen MR) is 109 cm³/mol. The van der Waals surface area contributed by atoms with Crippen molar-refractivity contribution in [1.82, 2.24) is 0 Å². The van der Waals surface area contributed by atoms with Crippen LogP contribution in [0.15, 0.2) is 24.3 Å². The molecule has 0 aliphatic carbocycles. The molecule has 1 unspecified atom stereocenters. The lowest BCUT2D eigenvalue weighted by Gasteiger charge is -2.22. The molecule has 2 rings (SSSR count). The molecule has 0 bridgehead atoms. The van der Waals surface area contributed by atoms with E-state index in [-0.39, 0.29) is 17.4 Å². The van der Waals surface area contributed by atoms with Crippen molar-refractivity contribution in [1.29, 1.82) is 0 Å². The molecular weight excluding hydrogens is 453 g/mol. The first-order valence-corrected chi connectivity index (χ1v) is 11.3. The SMILES string of the molecule is O=C(O)/C=C/c1c(C#CCCCCOC2CCCCO2)cccc1OS(=O)(=O)C(F)(F)F. The highest BCUT2D eigenvalue weighted by atomic mass is 32.2. The number of rotatable bonds is 9. The van der Waals surface area contributed by atoms with E-state index in [0.717, 1.165) is 37.8 Å². The van der Waals surface area contributed by atoms with Gasteiger partial charge in [-0.3, -0.25) is 0 Å². The zero-order valence-corrected chi connectivity index (χ0v) is 17.9. The van der Waals surface area contributed by atoms with Gasteiger partial charge in [0.2, 0.25) is 0 Å². The number of halogens is 3. The van der Waals surface area contributed by atoms with Gasteiger partial charge in [0, 0.05) is 36.8 Å². The van der Waals surface area contributed by atoms with Crippen molar-refractivity contribution in [2.75, 3.05) is 13.2 Å². The molecule has 1 aliphatic rings. The van der Waals surface area contributed by atoms with Crippen LogP contribution < -0.4 is 4.18 Å². The van der Waals surface area contributed by atoms with Crippen LogP contribution in [0.3, 0.4) is 0 Å². The van der Waals surface area contributed by atoms with E-state index in [0.29, 0.717) is 32.1 Å². The Morgan fingerprint density at radius 3 is 2.72 bits per heavy atom. The molecule has 7 nitrogen and oxygen atoms in total. The maximum atomic E-state index is 12.7. The number of carboxylic acid groups (broad SMARTS) is 1. The summed E-state index contributed by atoms with van der Waals surface area (Å²) in [6.45, 7) is 1.21. The fourth-order valence-corrected chi connectivity index (χ4v) is 3.22.